The first-order valence-corrected chi connectivity index (χ1v) is 4.65. The van der Waals surface area contributed by atoms with Gasteiger partial charge >= 0.3 is 0 Å². The van der Waals surface area contributed by atoms with Gasteiger partial charge in [-0.3, -0.25) is 4.98 Å². The Hall–Kier alpha value is -1.03. The van der Waals surface area contributed by atoms with Crippen LogP contribution < -0.4 is 5.32 Å². The Balaban J connectivity index is 2.55. The van der Waals surface area contributed by atoms with E-state index in [9.17, 15) is 8.78 Å². The van der Waals surface area contributed by atoms with Crippen LogP contribution in [0.1, 0.15) is 12.6 Å². The lowest BCUT2D eigenvalue weighted by Crippen LogP contribution is -2.37. The SMILES string of the molecule is CCNC(Cc1ccccn1)C(F)F. The van der Waals surface area contributed by atoms with Gasteiger partial charge in [-0.2, -0.15) is 0 Å². The molecule has 1 atom stereocenters. The highest BCUT2D eigenvalue weighted by Crippen LogP contribution is 2.07. The number of nitrogens with zero attached hydrogens (tertiary/aromatic N) is 1. The molecule has 0 aliphatic carbocycles. The Morgan fingerprint density at radius 1 is 1.43 bits per heavy atom. The molecule has 0 fully saturated rings. The van der Waals surface area contributed by atoms with Gasteiger partial charge in [-0.15, -0.1) is 0 Å². The monoisotopic (exact) mass is 200 g/mol. The Morgan fingerprint density at radius 3 is 2.71 bits per heavy atom. The average molecular weight is 200 g/mol. The summed E-state index contributed by atoms with van der Waals surface area (Å²) in [4.78, 5) is 4.01. The Morgan fingerprint density at radius 2 is 2.21 bits per heavy atom. The third-order valence-electron chi connectivity index (χ3n) is 1.93. The van der Waals surface area contributed by atoms with Crippen molar-refractivity contribution in [3.05, 3.63) is 30.1 Å². The molecular formula is C10H14F2N2. The summed E-state index contributed by atoms with van der Waals surface area (Å²) < 4.78 is 25.0. The molecule has 14 heavy (non-hydrogen) atoms. The standard InChI is InChI=1S/C10H14F2N2/c1-2-13-9(10(11)12)7-8-5-3-4-6-14-8/h3-6,9-10,13H,2,7H2,1H3. The van der Waals surface area contributed by atoms with Crippen LogP contribution in [0.25, 0.3) is 0 Å². The predicted molar refractivity (Wildman–Crippen MR) is 51.4 cm³/mol. The quantitative estimate of drug-likeness (QED) is 0.784. The van der Waals surface area contributed by atoms with Crippen molar-refractivity contribution in [3.8, 4) is 0 Å². The molecule has 1 aromatic heterocycles. The maximum Gasteiger partial charge on any atom is 0.254 e. The van der Waals surface area contributed by atoms with Gasteiger partial charge in [0.05, 0.1) is 6.04 Å². The van der Waals surface area contributed by atoms with Crippen molar-refractivity contribution in [1.82, 2.24) is 10.3 Å². The van der Waals surface area contributed by atoms with E-state index >= 15 is 0 Å². The number of halogens is 2. The fourth-order valence-electron chi connectivity index (χ4n) is 1.26. The van der Waals surface area contributed by atoms with Crippen LogP contribution in [0.3, 0.4) is 0 Å². The number of alkyl halides is 2. The predicted octanol–water partition coefficient (Wildman–Crippen LogP) is 1.87. The Kier molecular flexibility index (Phi) is 4.46. The number of pyridine rings is 1. The number of hydrogen-bond acceptors (Lipinski definition) is 2. The first-order valence-electron chi connectivity index (χ1n) is 4.65. The highest BCUT2D eigenvalue weighted by Gasteiger charge is 2.19. The van der Waals surface area contributed by atoms with Crippen LogP contribution >= 0.6 is 0 Å². The number of rotatable bonds is 5. The van der Waals surface area contributed by atoms with Crippen molar-refractivity contribution in [3.63, 3.8) is 0 Å². The van der Waals surface area contributed by atoms with Crippen LogP contribution in [0.4, 0.5) is 8.78 Å². The lowest BCUT2D eigenvalue weighted by molar-refractivity contribution is 0.0986. The minimum atomic E-state index is -2.35. The van der Waals surface area contributed by atoms with Gasteiger partial charge in [0.25, 0.3) is 6.43 Å². The van der Waals surface area contributed by atoms with E-state index in [4.69, 9.17) is 0 Å². The zero-order valence-electron chi connectivity index (χ0n) is 8.08. The molecule has 0 radical (unpaired) electrons. The van der Waals surface area contributed by atoms with Crippen LogP contribution in [0.2, 0.25) is 0 Å². The van der Waals surface area contributed by atoms with Crippen LogP contribution in [0.5, 0.6) is 0 Å². The summed E-state index contributed by atoms with van der Waals surface area (Å²) >= 11 is 0. The maximum atomic E-state index is 12.5. The van der Waals surface area contributed by atoms with E-state index in [2.05, 4.69) is 10.3 Å². The van der Waals surface area contributed by atoms with Crippen molar-refractivity contribution in [2.24, 2.45) is 0 Å². The summed E-state index contributed by atoms with van der Waals surface area (Å²) in [5.74, 6) is 0. The van der Waals surface area contributed by atoms with E-state index in [0.717, 1.165) is 0 Å². The topological polar surface area (TPSA) is 24.9 Å². The molecule has 0 spiro atoms. The zero-order chi connectivity index (χ0) is 10.4. The second-order valence-electron chi connectivity index (χ2n) is 3.02. The lowest BCUT2D eigenvalue weighted by Gasteiger charge is -2.15. The van der Waals surface area contributed by atoms with E-state index in [1.54, 1.807) is 24.4 Å². The molecule has 0 aliphatic heterocycles. The molecule has 1 rings (SSSR count). The largest absolute Gasteiger partial charge is 0.309 e. The van der Waals surface area contributed by atoms with Gasteiger partial charge in [0, 0.05) is 18.3 Å². The number of aromatic nitrogens is 1. The van der Waals surface area contributed by atoms with Gasteiger partial charge in [0.2, 0.25) is 0 Å². The van der Waals surface area contributed by atoms with E-state index in [0.29, 0.717) is 12.2 Å². The van der Waals surface area contributed by atoms with Gasteiger partial charge in [-0.05, 0) is 18.7 Å². The normalized spacial score (nSPS) is 13.1. The molecule has 0 aromatic carbocycles. The molecule has 1 unspecified atom stereocenters. The zero-order valence-corrected chi connectivity index (χ0v) is 8.08. The summed E-state index contributed by atoms with van der Waals surface area (Å²) in [7, 11) is 0. The minimum absolute atomic E-state index is 0.270. The minimum Gasteiger partial charge on any atom is -0.309 e. The first kappa shape index (κ1) is 11.0. The van der Waals surface area contributed by atoms with Crippen LogP contribution in [-0.4, -0.2) is 24.0 Å². The van der Waals surface area contributed by atoms with Crippen molar-refractivity contribution < 1.29 is 8.78 Å². The van der Waals surface area contributed by atoms with Gasteiger partial charge in [0.15, 0.2) is 0 Å². The maximum absolute atomic E-state index is 12.5. The van der Waals surface area contributed by atoms with Crippen molar-refractivity contribution in [1.29, 1.82) is 0 Å². The number of hydrogen-bond donors (Lipinski definition) is 1. The van der Waals surface area contributed by atoms with E-state index in [1.165, 1.54) is 0 Å². The third-order valence-corrected chi connectivity index (χ3v) is 1.93. The van der Waals surface area contributed by atoms with E-state index in [-0.39, 0.29) is 6.42 Å². The van der Waals surface area contributed by atoms with Crippen LogP contribution in [0, 0.1) is 0 Å². The summed E-state index contributed by atoms with van der Waals surface area (Å²) in [6.07, 6.45) is -0.465. The van der Waals surface area contributed by atoms with Gasteiger partial charge < -0.3 is 5.32 Å². The first-order chi connectivity index (χ1) is 6.74. The van der Waals surface area contributed by atoms with Gasteiger partial charge in [0.1, 0.15) is 0 Å². The molecule has 2 nitrogen and oxygen atoms in total. The molecular weight excluding hydrogens is 186 g/mol. The van der Waals surface area contributed by atoms with E-state index in [1.807, 2.05) is 6.92 Å². The smallest absolute Gasteiger partial charge is 0.254 e. The van der Waals surface area contributed by atoms with Crippen molar-refractivity contribution in [2.75, 3.05) is 6.54 Å². The highest BCUT2D eigenvalue weighted by atomic mass is 19.3. The molecule has 4 heteroatoms. The molecule has 0 amide bonds. The van der Waals surface area contributed by atoms with Crippen molar-refractivity contribution in [2.45, 2.75) is 25.8 Å². The molecule has 1 N–H and O–H groups in total. The average Bonchev–Trinajstić information content (AvgIpc) is 2.18. The fraction of sp³-hybridized carbons (Fsp3) is 0.500. The molecule has 78 valence electrons. The van der Waals surface area contributed by atoms with E-state index < -0.39 is 12.5 Å². The Labute approximate surface area is 82.4 Å². The lowest BCUT2D eigenvalue weighted by atomic mass is 10.1. The fourth-order valence-corrected chi connectivity index (χ4v) is 1.26. The summed E-state index contributed by atoms with van der Waals surface area (Å²) in [6.45, 7) is 2.36. The van der Waals surface area contributed by atoms with Crippen LogP contribution in [0.15, 0.2) is 24.4 Å². The third kappa shape index (κ3) is 3.38. The molecule has 0 bridgehead atoms. The summed E-state index contributed by atoms with van der Waals surface area (Å²) in [6, 6.07) is 4.53. The highest BCUT2D eigenvalue weighted by molar-refractivity contribution is 5.05. The Bertz CT molecular complexity index is 252. The molecule has 0 aliphatic rings. The molecule has 0 saturated carbocycles. The second kappa shape index (κ2) is 5.65. The number of nitrogens with one attached hydrogen (secondary N) is 1. The van der Waals surface area contributed by atoms with Gasteiger partial charge in [-0.25, -0.2) is 8.78 Å². The number of likely N-dealkylation sites (N-methyl/N-ethyl adjacent to an activating group) is 1. The molecule has 0 saturated heterocycles. The second-order valence-corrected chi connectivity index (χ2v) is 3.02. The van der Waals surface area contributed by atoms with Gasteiger partial charge in [-0.1, -0.05) is 13.0 Å². The van der Waals surface area contributed by atoms with Crippen LogP contribution in [-0.2, 0) is 6.42 Å². The van der Waals surface area contributed by atoms with Crippen molar-refractivity contribution >= 4 is 0 Å². The summed E-state index contributed by atoms with van der Waals surface area (Å²) in [5, 5.41) is 2.74. The molecule has 1 heterocycles. The summed E-state index contributed by atoms with van der Waals surface area (Å²) in [5.41, 5.74) is 0.693. The molecule has 1 aromatic rings.